The molecule has 2 amide bonds. The maximum atomic E-state index is 12.2. The highest BCUT2D eigenvalue weighted by atomic mass is 35.5. The standard InChI is InChI=1S/C15H21ClN4O4/c1-9(2)15(3,8-17)19-12(21)7-18-14(22)13-10(16)5-4-6-11(13)20(23)24/h4-6,9H,7-8,17H2,1-3H3,(H,18,22)(H,19,21). The summed E-state index contributed by atoms with van der Waals surface area (Å²) in [5.41, 5.74) is 4.37. The van der Waals surface area contributed by atoms with Gasteiger partial charge >= 0.3 is 0 Å². The summed E-state index contributed by atoms with van der Waals surface area (Å²) >= 11 is 5.87. The number of amides is 2. The molecular weight excluding hydrogens is 336 g/mol. The molecule has 0 saturated heterocycles. The Labute approximate surface area is 144 Å². The minimum absolute atomic E-state index is 0.0592. The first-order valence-corrected chi connectivity index (χ1v) is 7.72. The maximum Gasteiger partial charge on any atom is 0.283 e. The van der Waals surface area contributed by atoms with Gasteiger partial charge in [0.05, 0.1) is 22.0 Å². The predicted octanol–water partition coefficient (Wildman–Crippen LogP) is 1.47. The second-order valence-corrected chi connectivity index (χ2v) is 6.31. The molecule has 1 aromatic carbocycles. The molecule has 0 aliphatic carbocycles. The van der Waals surface area contributed by atoms with E-state index < -0.39 is 28.0 Å². The highest BCUT2D eigenvalue weighted by Gasteiger charge is 2.29. The highest BCUT2D eigenvalue weighted by Crippen LogP contribution is 2.25. The van der Waals surface area contributed by atoms with Gasteiger partial charge in [0.15, 0.2) is 0 Å². The molecule has 0 spiro atoms. The Balaban J connectivity index is 2.81. The molecule has 1 atom stereocenters. The van der Waals surface area contributed by atoms with E-state index in [0.717, 1.165) is 0 Å². The SMILES string of the molecule is CC(C)C(C)(CN)NC(=O)CNC(=O)c1c(Cl)cccc1[N+](=O)[O-]. The fourth-order valence-corrected chi connectivity index (χ4v) is 2.19. The van der Waals surface area contributed by atoms with E-state index in [4.69, 9.17) is 17.3 Å². The molecule has 1 aromatic rings. The van der Waals surface area contributed by atoms with Crippen molar-refractivity contribution in [3.63, 3.8) is 0 Å². The van der Waals surface area contributed by atoms with Gasteiger partial charge in [-0.05, 0) is 18.9 Å². The molecule has 0 aromatic heterocycles. The molecule has 132 valence electrons. The molecule has 0 heterocycles. The zero-order valence-electron chi connectivity index (χ0n) is 13.8. The monoisotopic (exact) mass is 356 g/mol. The van der Waals surface area contributed by atoms with Crippen molar-refractivity contribution in [3.05, 3.63) is 38.9 Å². The van der Waals surface area contributed by atoms with Crippen LogP contribution in [0.15, 0.2) is 18.2 Å². The van der Waals surface area contributed by atoms with Gasteiger partial charge in [-0.3, -0.25) is 19.7 Å². The number of nitrogens with one attached hydrogen (secondary N) is 2. The minimum Gasteiger partial charge on any atom is -0.348 e. The van der Waals surface area contributed by atoms with Gasteiger partial charge in [-0.25, -0.2) is 0 Å². The second kappa shape index (κ2) is 8.07. The molecule has 24 heavy (non-hydrogen) atoms. The molecule has 1 rings (SSSR count). The fourth-order valence-electron chi connectivity index (χ4n) is 1.93. The first-order valence-electron chi connectivity index (χ1n) is 7.34. The molecule has 9 heteroatoms. The highest BCUT2D eigenvalue weighted by molar-refractivity contribution is 6.34. The summed E-state index contributed by atoms with van der Waals surface area (Å²) in [5, 5.41) is 16.0. The van der Waals surface area contributed by atoms with E-state index in [1.54, 1.807) is 6.92 Å². The summed E-state index contributed by atoms with van der Waals surface area (Å²) in [4.78, 5) is 34.5. The summed E-state index contributed by atoms with van der Waals surface area (Å²) in [6.07, 6.45) is 0. The number of carbonyl (C=O) groups is 2. The van der Waals surface area contributed by atoms with E-state index in [1.807, 2.05) is 13.8 Å². The van der Waals surface area contributed by atoms with Gasteiger partial charge in [-0.15, -0.1) is 0 Å². The topological polar surface area (TPSA) is 127 Å². The summed E-state index contributed by atoms with van der Waals surface area (Å²) in [6.45, 7) is 5.53. The van der Waals surface area contributed by atoms with Gasteiger partial charge in [0.2, 0.25) is 5.91 Å². The molecule has 1 unspecified atom stereocenters. The van der Waals surface area contributed by atoms with Gasteiger partial charge in [0.1, 0.15) is 5.56 Å². The van der Waals surface area contributed by atoms with Crippen molar-refractivity contribution in [2.75, 3.05) is 13.1 Å². The van der Waals surface area contributed by atoms with Crippen molar-refractivity contribution in [3.8, 4) is 0 Å². The van der Waals surface area contributed by atoms with Crippen LogP contribution in [0, 0.1) is 16.0 Å². The van der Waals surface area contributed by atoms with Crippen LogP contribution in [0.3, 0.4) is 0 Å². The lowest BCUT2D eigenvalue weighted by atomic mass is 9.88. The third kappa shape index (κ3) is 4.65. The van der Waals surface area contributed by atoms with Crippen molar-refractivity contribution < 1.29 is 14.5 Å². The van der Waals surface area contributed by atoms with E-state index in [9.17, 15) is 19.7 Å². The molecule has 0 fully saturated rings. The maximum absolute atomic E-state index is 12.2. The largest absolute Gasteiger partial charge is 0.348 e. The lowest BCUT2D eigenvalue weighted by molar-refractivity contribution is -0.385. The number of nitrogens with two attached hydrogens (primary N) is 1. The van der Waals surface area contributed by atoms with Gasteiger partial charge in [-0.2, -0.15) is 0 Å². The van der Waals surface area contributed by atoms with Crippen LogP contribution >= 0.6 is 11.6 Å². The molecule has 0 radical (unpaired) electrons. The smallest absolute Gasteiger partial charge is 0.283 e. The second-order valence-electron chi connectivity index (χ2n) is 5.90. The number of nitro groups is 1. The van der Waals surface area contributed by atoms with Crippen LogP contribution in [0.25, 0.3) is 0 Å². The Morgan fingerprint density at radius 1 is 1.42 bits per heavy atom. The van der Waals surface area contributed by atoms with Crippen LogP contribution in [0.4, 0.5) is 5.69 Å². The number of benzene rings is 1. The molecule has 8 nitrogen and oxygen atoms in total. The molecule has 0 bridgehead atoms. The number of hydrogen-bond donors (Lipinski definition) is 3. The van der Waals surface area contributed by atoms with Crippen LogP contribution in [-0.2, 0) is 4.79 Å². The Bertz CT molecular complexity index is 650. The Morgan fingerprint density at radius 3 is 2.54 bits per heavy atom. The normalized spacial score (nSPS) is 13.2. The van der Waals surface area contributed by atoms with Gasteiger partial charge < -0.3 is 16.4 Å². The van der Waals surface area contributed by atoms with Gasteiger partial charge in [-0.1, -0.05) is 31.5 Å². The van der Waals surface area contributed by atoms with Crippen molar-refractivity contribution in [1.29, 1.82) is 0 Å². The van der Waals surface area contributed by atoms with Crippen LogP contribution in [0.2, 0.25) is 5.02 Å². The van der Waals surface area contributed by atoms with E-state index in [1.165, 1.54) is 18.2 Å². The van der Waals surface area contributed by atoms with Crippen LogP contribution in [0.1, 0.15) is 31.1 Å². The lowest BCUT2D eigenvalue weighted by Crippen LogP contribution is -2.56. The zero-order valence-corrected chi connectivity index (χ0v) is 14.5. The Morgan fingerprint density at radius 2 is 2.04 bits per heavy atom. The molecule has 0 saturated carbocycles. The van der Waals surface area contributed by atoms with Crippen LogP contribution in [0.5, 0.6) is 0 Å². The Kier molecular flexibility index (Phi) is 6.68. The number of nitrogens with zero attached hydrogens (tertiary/aromatic N) is 1. The molecule has 0 aliphatic rings. The molecular formula is C15H21ClN4O4. The van der Waals surface area contributed by atoms with Crippen molar-refractivity contribution in [1.82, 2.24) is 10.6 Å². The lowest BCUT2D eigenvalue weighted by Gasteiger charge is -2.33. The fraction of sp³-hybridized carbons (Fsp3) is 0.467. The van der Waals surface area contributed by atoms with E-state index in [-0.39, 0.29) is 29.6 Å². The van der Waals surface area contributed by atoms with Gasteiger partial charge in [0.25, 0.3) is 11.6 Å². The first kappa shape index (κ1) is 19.9. The van der Waals surface area contributed by atoms with Crippen molar-refractivity contribution in [2.45, 2.75) is 26.3 Å². The van der Waals surface area contributed by atoms with Gasteiger partial charge in [0, 0.05) is 12.6 Å². The van der Waals surface area contributed by atoms with E-state index >= 15 is 0 Å². The van der Waals surface area contributed by atoms with Crippen molar-refractivity contribution >= 4 is 29.1 Å². The number of hydrogen-bond acceptors (Lipinski definition) is 5. The third-order valence-corrected chi connectivity index (χ3v) is 4.26. The van der Waals surface area contributed by atoms with Crippen molar-refractivity contribution in [2.24, 2.45) is 11.7 Å². The Hall–Kier alpha value is -2.19. The average Bonchev–Trinajstić information content (AvgIpc) is 2.51. The number of halogens is 1. The zero-order chi connectivity index (χ0) is 18.5. The minimum atomic E-state index is -0.790. The first-order chi connectivity index (χ1) is 11.1. The summed E-state index contributed by atoms with van der Waals surface area (Å²) in [6, 6.07) is 3.91. The van der Waals surface area contributed by atoms with E-state index in [2.05, 4.69) is 10.6 Å². The molecule has 0 aliphatic heterocycles. The number of rotatable bonds is 7. The number of carbonyl (C=O) groups excluding carboxylic acids is 2. The van der Waals surface area contributed by atoms with E-state index in [0.29, 0.717) is 0 Å². The summed E-state index contributed by atoms with van der Waals surface area (Å²) < 4.78 is 0. The van der Waals surface area contributed by atoms with Crippen LogP contribution in [-0.4, -0.2) is 35.4 Å². The summed E-state index contributed by atoms with van der Waals surface area (Å²) in [5.74, 6) is -1.15. The molecule has 4 N–H and O–H groups in total. The third-order valence-electron chi connectivity index (χ3n) is 3.95. The summed E-state index contributed by atoms with van der Waals surface area (Å²) in [7, 11) is 0. The predicted molar refractivity (Wildman–Crippen MR) is 90.9 cm³/mol. The quantitative estimate of drug-likeness (QED) is 0.503. The number of nitro benzene ring substituents is 1. The average molecular weight is 357 g/mol. The van der Waals surface area contributed by atoms with Crippen LogP contribution < -0.4 is 16.4 Å².